The summed E-state index contributed by atoms with van der Waals surface area (Å²) in [6.45, 7) is 6.51. The maximum atomic E-state index is 13.4. The van der Waals surface area contributed by atoms with E-state index in [1.54, 1.807) is 12.1 Å². The van der Waals surface area contributed by atoms with Crippen LogP contribution in [-0.4, -0.2) is 76.0 Å². The molecule has 0 N–H and O–H groups in total. The average molecular weight is 418 g/mol. The van der Waals surface area contributed by atoms with E-state index in [-0.39, 0.29) is 11.7 Å². The second-order valence-electron chi connectivity index (χ2n) is 8.04. The topological polar surface area (TPSA) is 52.6 Å². The van der Waals surface area contributed by atoms with Gasteiger partial charge in [0.05, 0.1) is 12.2 Å². The van der Waals surface area contributed by atoms with Crippen molar-refractivity contribution >= 4 is 17.4 Å². The smallest absolute Gasteiger partial charge is 0.236 e. The summed E-state index contributed by atoms with van der Waals surface area (Å²) in [5.41, 5.74) is 2.03. The van der Waals surface area contributed by atoms with Gasteiger partial charge in [0.15, 0.2) is 0 Å². The summed E-state index contributed by atoms with van der Waals surface area (Å²) in [4.78, 5) is 19.5. The van der Waals surface area contributed by atoms with Crippen molar-refractivity contribution in [2.75, 3.05) is 45.8 Å². The molecule has 8 heteroatoms. The number of likely N-dealkylation sites (tertiary alicyclic amines) is 1. The van der Waals surface area contributed by atoms with Crippen LogP contribution in [0.3, 0.4) is 0 Å². The van der Waals surface area contributed by atoms with E-state index >= 15 is 0 Å². The van der Waals surface area contributed by atoms with Crippen LogP contribution in [0.15, 0.2) is 29.6 Å². The fourth-order valence-corrected chi connectivity index (χ4v) is 4.86. The number of nitrogens with zero attached hydrogens (tertiary/aromatic N) is 5. The molecule has 4 rings (SSSR count). The molecule has 2 saturated heterocycles. The predicted octanol–water partition coefficient (Wildman–Crippen LogP) is 2.59. The molecule has 0 radical (unpaired) electrons. The van der Waals surface area contributed by atoms with Gasteiger partial charge in [-0.15, -0.1) is 5.10 Å². The first kappa shape index (κ1) is 20.4. The summed E-state index contributed by atoms with van der Waals surface area (Å²) >= 11 is 1.38. The van der Waals surface area contributed by atoms with Crippen molar-refractivity contribution in [2.24, 2.45) is 0 Å². The lowest BCUT2D eigenvalue weighted by molar-refractivity contribution is -0.133. The molecule has 0 spiro atoms. The fourth-order valence-electron chi connectivity index (χ4n) is 4.32. The Bertz CT molecular complexity index is 802. The van der Waals surface area contributed by atoms with Crippen molar-refractivity contribution in [3.63, 3.8) is 0 Å². The van der Waals surface area contributed by atoms with E-state index in [0.717, 1.165) is 76.3 Å². The molecule has 1 aromatic carbocycles. The van der Waals surface area contributed by atoms with Crippen molar-refractivity contribution in [3.8, 4) is 0 Å². The minimum Gasteiger partial charge on any atom is -0.341 e. The molecule has 2 aliphatic rings. The zero-order valence-electron chi connectivity index (χ0n) is 16.7. The third-order valence-corrected chi connectivity index (χ3v) is 6.43. The molecule has 2 aromatic rings. The van der Waals surface area contributed by atoms with Gasteiger partial charge >= 0.3 is 0 Å². The van der Waals surface area contributed by atoms with Crippen molar-refractivity contribution < 1.29 is 9.18 Å². The molecule has 2 aliphatic heterocycles. The van der Waals surface area contributed by atoms with Gasteiger partial charge in [-0.1, -0.05) is 16.6 Å². The fraction of sp³-hybridized carbons (Fsp3) is 0.571. The van der Waals surface area contributed by atoms with Gasteiger partial charge < -0.3 is 4.90 Å². The monoisotopic (exact) mass is 417 g/mol. The van der Waals surface area contributed by atoms with Crippen molar-refractivity contribution in [3.05, 3.63) is 46.7 Å². The van der Waals surface area contributed by atoms with Gasteiger partial charge in [0.1, 0.15) is 5.82 Å². The third kappa shape index (κ3) is 5.58. The Morgan fingerprint density at radius 2 is 2.00 bits per heavy atom. The first-order chi connectivity index (χ1) is 14.2. The highest BCUT2D eigenvalue weighted by Crippen LogP contribution is 2.26. The first-order valence-corrected chi connectivity index (χ1v) is 11.2. The molecule has 156 valence electrons. The molecule has 0 saturated carbocycles. The number of rotatable bonds is 5. The number of amides is 1. The Kier molecular flexibility index (Phi) is 6.84. The molecule has 3 heterocycles. The zero-order chi connectivity index (χ0) is 20.1. The van der Waals surface area contributed by atoms with Gasteiger partial charge in [0, 0.05) is 44.0 Å². The maximum Gasteiger partial charge on any atom is 0.236 e. The van der Waals surface area contributed by atoms with Gasteiger partial charge in [-0.2, -0.15) is 0 Å². The normalized spacial score (nSPS) is 21.8. The number of hydrogen-bond donors (Lipinski definition) is 0. The summed E-state index contributed by atoms with van der Waals surface area (Å²) in [6.07, 6.45) is 3.12. The Morgan fingerprint density at radius 1 is 1.14 bits per heavy atom. The zero-order valence-corrected chi connectivity index (χ0v) is 17.5. The summed E-state index contributed by atoms with van der Waals surface area (Å²) in [7, 11) is 0. The Labute approximate surface area is 175 Å². The second-order valence-corrected chi connectivity index (χ2v) is 8.65. The number of piperidine rings is 1. The number of benzene rings is 1. The highest BCUT2D eigenvalue weighted by Gasteiger charge is 2.27. The number of carbonyl (C=O) groups excluding carboxylic acids is 1. The van der Waals surface area contributed by atoms with Gasteiger partial charge in [0.25, 0.3) is 0 Å². The molecule has 1 amide bonds. The van der Waals surface area contributed by atoms with Crippen LogP contribution in [0.4, 0.5) is 4.39 Å². The van der Waals surface area contributed by atoms with Crippen LogP contribution in [0.25, 0.3) is 0 Å². The third-order valence-electron chi connectivity index (χ3n) is 5.90. The summed E-state index contributed by atoms with van der Waals surface area (Å²) in [6, 6.07) is 6.83. The molecule has 0 bridgehead atoms. The van der Waals surface area contributed by atoms with E-state index in [0.29, 0.717) is 12.5 Å². The van der Waals surface area contributed by atoms with Crippen LogP contribution < -0.4 is 0 Å². The van der Waals surface area contributed by atoms with Crippen molar-refractivity contribution in [1.82, 2.24) is 24.3 Å². The first-order valence-electron chi connectivity index (χ1n) is 10.4. The molecule has 2 fully saturated rings. The number of carbonyl (C=O) groups is 1. The highest BCUT2D eigenvalue weighted by atomic mass is 32.1. The van der Waals surface area contributed by atoms with Crippen LogP contribution >= 0.6 is 11.5 Å². The van der Waals surface area contributed by atoms with E-state index < -0.39 is 0 Å². The van der Waals surface area contributed by atoms with Gasteiger partial charge in [0.2, 0.25) is 5.91 Å². The predicted molar refractivity (Wildman–Crippen MR) is 111 cm³/mol. The SMILES string of the molecule is O=C(CN1CCCN(Cc2cccc(F)c2)CC1)N1CCC[C@@H](c2csnn2)C1. The lowest BCUT2D eigenvalue weighted by Crippen LogP contribution is -2.45. The van der Waals surface area contributed by atoms with Crippen molar-refractivity contribution in [2.45, 2.75) is 31.7 Å². The van der Waals surface area contributed by atoms with Crippen LogP contribution in [0.2, 0.25) is 0 Å². The van der Waals surface area contributed by atoms with E-state index in [1.807, 2.05) is 16.3 Å². The van der Waals surface area contributed by atoms with E-state index in [2.05, 4.69) is 19.4 Å². The van der Waals surface area contributed by atoms with E-state index in [9.17, 15) is 9.18 Å². The second kappa shape index (κ2) is 9.73. The number of halogens is 1. The lowest BCUT2D eigenvalue weighted by Gasteiger charge is -2.33. The molecule has 29 heavy (non-hydrogen) atoms. The van der Waals surface area contributed by atoms with Crippen molar-refractivity contribution in [1.29, 1.82) is 0 Å². The highest BCUT2D eigenvalue weighted by molar-refractivity contribution is 7.03. The molecule has 0 unspecified atom stereocenters. The summed E-state index contributed by atoms with van der Waals surface area (Å²) in [5, 5.41) is 6.20. The van der Waals surface area contributed by atoms with Gasteiger partial charge in [-0.05, 0) is 61.6 Å². The minimum absolute atomic E-state index is 0.183. The Hall–Kier alpha value is -1.90. The molecule has 1 atom stereocenters. The largest absolute Gasteiger partial charge is 0.341 e. The van der Waals surface area contributed by atoms with Crippen LogP contribution in [0.1, 0.15) is 36.4 Å². The van der Waals surface area contributed by atoms with Gasteiger partial charge in [-0.25, -0.2) is 4.39 Å². The summed E-state index contributed by atoms with van der Waals surface area (Å²) in [5.74, 6) is 0.353. The van der Waals surface area contributed by atoms with Gasteiger partial charge in [-0.3, -0.25) is 14.6 Å². The van der Waals surface area contributed by atoms with E-state index in [4.69, 9.17) is 0 Å². The minimum atomic E-state index is -0.183. The standard InChI is InChI=1S/C21H28FN5OS/c22-19-6-1-4-17(12-19)13-25-7-3-8-26(11-10-25)15-21(28)27-9-2-5-18(14-27)20-16-29-24-23-20/h1,4,6,12,16,18H,2-3,5,7-11,13-15H2/t18-/m1/s1. The van der Waals surface area contributed by atoms with Crippen LogP contribution in [0, 0.1) is 5.82 Å². The molecular weight excluding hydrogens is 389 g/mol. The molecule has 6 nitrogen and oxygen atoms in total. The average Bonchev–Trinajstić information content (AvgIpc) is 3.18. The number of aromatic nitrogens is 2. The van der Waals surface area contributed by atoms with Crippen LogP contribution in [0.5, 0.6) is 0 Å². The summed E-state index contributed by atoms with van der Waals surface area (Å²) < 4.78 is 17.4. The Morgan fingerprint density at radius 3 is 2.83 bits per heavy atom. The maximum absolute atomic E-state index is 13.4. The Balaban J connectivity index is 1.27. The van der Waals surface area contributed by atoms with E-state index in [1.165, 1.54) is 17.6 Å². The number of hydrogen-bond acceptors (Lipinski definition) is 6. The lowest BCUT2D eigenvalue weighted by atomic mass is 9.95. The van der Waals surface area contributed by atoms with Crippen LogP contribution in [-0.2, 0) is 11.3 Å². The molecular formula is C21H28FN5OS. The quantitative estimate of drug-likeness (QED) is 0.749. The molecule has 1 aromatic heterocycles. The molecule has 0 aliphatic carbocycles.